The van der Waals surface area contributed by atoms with Gasteiger partial charge >= 0.3 is 0 Å². The summed E-state index contributed by atoms with van der Waals surface area (Å²) in [7, 11) is 0. The maximum absolute atomic E-state index is 9.62. The zero-order chi connectivity index (χ0) is 10.8. The fourth-order valence-electron chi connectivity index (χ4n) is 1.38. The number of hydrogen-bond acceptors (Lipinski definition) is 2. The summed E-state index contributed by atoms with van der Waals surface area (Å²) in [5, 5.41) is 9.62. The molecule has 1 unspecified atom stereocenters. The minimum atomic E-state index is -0.184. The fourth-order valence-corrected chi connectivity index (χ4v) is 1.38. The molecule has 0 aromatic carbocycles. The molecule has 0 amide bonds. The van der Waals surface area contributed by atoms with Crippen LogP contribution in [-0.4, -0.2) is 35.7 Å². The summed E-state index contributed by atoms with van der Waals surface area (Å²) in [5.74, 6) is 5.81. The SMILES string of the molecule is CC#CCCC(O)CCN(CC)CC. The van der Waals surface area contributed by atoms with Gasteiger partial charge in [0.15, 0.2) is 0 Å². The van der Waals surface area contributed by atoms with Gasteiger partial charge in [0, 0.05) is 13.0 Å². The standard InChI is InChI=1S/C12H23NO/c1-4-7-8-9-12(14)10-11-13(5-2)6-3/h12,14H,5-6,8-11H2,1-3H3. The minimum Gasteiger partial charge on any atom is -0.393 e. The summed E-state index contributed by atoms with van der Waals surface area (Å²) in [6, 6.07) is 0. The molecule has 0 spiro atoms. The third kappa shape index (κ3) is 6.94. The Balaban J connectivity index is 3.49. The number of hydrogen-bond donors (Lipinski definition) is 1. The normalized spacial score (nSPS) is 12.4. The van der Waals surface area contributed by atoms with Crippen LogP contribution in [0.2, 0.25) is 0 Å². The molecule has 2 heteroatoms. The van der Waals surface area contributed by atoms with Crippen LogP contribution >= 0.6 is 0 Å². The van der Waals surface area contributed by atoms with Gasteiger partial charge in [-0.1, -0.05) is 13.8 Å². The van der Waals surface area contributed by atoms with Gasteiger partial charge < -0.3 is 10.0 Å². The van der Waals surface area contributed by atoms with E-state index in [1.54, 1.807) is 0 Å². The van der Waals surface area contributed by atoms with Gasteiger partial charge in [-0.2, -0.15) is 0 Å². The van der Waals surface area contributed by atoms with Gasteiger partial charge in [-0.25, -0.2) is 0 Å². The van der Waals surface area contributed by atoms with E-state index in [0.717, 1.165) is 38.9 Å². The summed E-state index contributed by atoms with van der Waals surface area (Å²) >= 11 is 0. The highest BCUT2D eigenvalue weighted by Crippen LogP contribution is 2.02. The highest BCUT2D eigenvalue weighted by molar-refractivity contribution is 4.95. The van der Waals surface area contributed by atoms with E-state index < -0.39 is 0 Å². The van der Waals surface area contributed by atoms with Crippen molar-refractivity contribution in [2.45, 2.75) is 46.1 Å². The predicted molar refractivity (Wildman–Crippen MR) is 61.1 cm³/mol. The molecule has 1 N–H and O–H groups in total. The van der Waals surface area contributed by atoms with Gasteiger partial charge in [0.1, 0.15) is 0 Å². The maximum Gasteiger partial charge on any atom is 0.0561 e. The lowest BCUT2D eigenvalue weighted by Crippen LogP contribution is -2.26. The molecule has 82 valence electrons. The van der Waals surface area contributed by atoms with Crippen LogP contribution in [0.4, 0.5) is 0 Å². The zero-order valence-corrected chi connectivity index (χ0v) is 9.71. The van der Waals surface area contributed by atoms with Gasteiger partial charge in [0.2, 0.25) is 0 Å². The second kappa shape index (κ2) is 9.05. The van der Waals surface area contributed by atoms with Crippen molar-refractivity contribution in [1.82, 2.24) is 4.90 Å². The van der Waals surface area contributed by atoms with Gasteiger partial charge in [-0.05, 0) is 32.9 Å². The van der Waals surface area contributed by atoms with Gasteiger partial charge in [-0.15, -0.1) is 11.8 Å². The van der Waals surface area contributed by atoms with E-state index in [1.807, 2.05) is 6.92 Å². The first kappa shape index (κ1) is 13.5. The highest BCUT2D eigenvalue weighted by atomic mass is 16.3. The van der Waals surface area contributed by atoms with E-state index >= 15 is 0 Å². The number of aliphatic hydroxyl groups excluding tert-OH is 1. The smallest absolute Gasteiger partial charge is 0.0561 e. The van der Waals surface area contributed by atoms with Crippen molar-refractivity contribution in [3.63, 3.8) is 0 Å². The summed E-state index contributed by atoms with van der Waals surface area (Å²) in [4.78, 5) is 2.33. The Morgan fingerprint density at radius 1 is 1.21 bits per heavy atom. The summed E-state index contributed by atoms with van der Waals surface area (Å²) in [6.07, 6.45) is 2.31. The molecular formula is C12H23NO. The van der Waals surface area contributed by atoms with Gasteiger partial charge in [0.25, 0.3) is 0 Å². The number of aliphatic hydroxyl groups is 1. The average molecular weight is 197 g/mol. The molecular weight excluding hydrogens is 174 g/mol. The van der Waals surface area contributed by atoms with Gasteiger partial charge in [0.05, 0.1) is 6.10 Å². The third-order valence-electron chi connectivity index (χ3n) is 2.45. The van der Waals surface area contributed by atoms with Gasteiger partial charge in [-0.3, -0.25) is 0 Å². The Morgan fingerprint density at radius 2 is 1.86 bits per heavy atom. The first-order chi connectivity index (χ1) is 6.74. The van der Waals surface area contributed by atoms with Crippen LogP contribution in [0.15, 0.2) is 0 Å². The first-order valence-electron chi connectivity index (χ1n) is 5.54. The van der Waals surface area contributed by atoms with Crippen molar-refractivity contribution in [1.29, 1.82) is 0 Å². The molecule has 0 saturated heterocycles. The molecule has 0 fully saturated rings. The molecule has 0 aromatic heterocycles. The molecule has 2 nitrogen and oxygen atoms in total. The molecule has 14 heavy (non-hydrogen) atoms. The van der Waals surface area contributed by atoms with E-state index in [1.165, 1.54) is 0 Å². The predicted octanol–water partition coefficient (Wildman–Crippen LogP) is 1.88. The van der Waals surface area contributed by atoms with Crippen LogP contribution in [0.1, 0.15) is 40.0 Å². The van der Waals surface area contributed by atoms with Crippen molar-refractivity contribution >= 4 is 0 Å². The van der Waals surface area contributed by atoms with Crippen LogP contribution < -0.4 is 0 Å². The second-order valence-corrected chi connectivity index (χ2v) is 3.43. The molecule has 0 heterocycles. The lowest BCUT2D eigenvalue weighted by molar-refractivity contribution is 0.136. The molecule has 0 aliphatic heterocycles. The maximum atomic E-state index is 9.62. The van der Waals surface area contributed by atoms with E-state index in [9.17, 15) is 5.11 Å². The Hall–Kier alpha value is -0.520. The molecule has 0 aromatic rings. The molecule has 0 aliphatic rings. The Morgan fingerprint density at radius 3 is 2.36 bits per heavy atom. The number of nitrogens with zero attached hydrogens (tertiary/aromatic N) is 1. The van der Waals surface area contributed by atoms with E-state index in [0.29, 0.717) is 0 Å². The second-order valence-electron chi connectivity index (χ2n) is 3.43. The topological polar surface area (TPSA) is 23.5 Å². The summed E-state index contributed by atoms with van der Waals surface area (Å²) in [6.45, 7) is 9.27. The molecule has 0 aliphatic carbocycles. The quantitative estimate of drug-likeness (QED) is 0.630. The van der Waals surface area contributed by atoms with Crippen molar-refractivity contribution in [2.75, 3.05) is 19.6 Å². The Labute approximate surface area is 88.3 Å². The fraction of sp³-hybridized carbons (Fsp3) is 0.833. The van der Waals surface area contributed by atoms with Crippen LogP contribution in [0.25, 0.3) is 0 Å². The summed E-state index contributed by atoms with van der Waals surface area (Å²) in [5.41, 5.74) is 0. The minimum absolute atomic E-state index is 0.184. The molecule has 1 atom stereocenters. The monoisotopic (exact) mass is 197 g/mol. The Bertz CT molecular complexity index is 176. The van der Waals surface area contributed by atoms with Crippen LogP contribution in [0.5, 0.6) is 0 Å². The molecule has 0 radical (unpaired) electrons. The Kier molecular flexibility index (Phi) is 8.72. The van der Waals surface area contributed by atoms with E-state index in [2.05, 4.69) is 30.6 Å². The number of rotatable bonds is 7. The van der Waals surface area contributed by atoms with Crippen molar-refractivity contribution < 1.29 is 5.11 Å². The summed E-state index contributed by atoms with van der Waals surface area (Å²) < 4.78 is 0. The average Bonchev–Trinajstić information content (AvgIpc) is 2.20. The van der Waals surface area contributed by atoms with Crippen LogP contribution in [0, 0.1) is 11.8 Å². The van der Waals surface area contributed by atoms with Crippen LogP contribution in [-0.2, 0) is 0 Å². The van der Waals surface area contributed by atoms with Crippen LogP contribution in [0.3, 0.4) is 0 Å². The third-order valence-corrected chi connectivity index (χ3v) is 2.45. The largest absolute Gasteiger partial charge is 0.393 e. The molecule has 0 bridgehead atoms. The molecule has 0 saturated carbocycles. The molecule has 0 rings (SSSR count). The van der Waals surface area contributed by atoms with Crippen molar-refractivity contribution in [2.24, 2.45) is 0 Å². The highest BCUT2D eigenvalue weighted by Gasteiger charge is 2.05. The van der Waals surface area contributed by atoms with Crippen molar-refractivity contribution in [3.05, 3.63) is 0 Å². The van der Waals surface area contributed by atoms with E-state index in [-0.39, 0.29) is 6.10 Å². The zero-order valence-electron chi connectivity index (χ0n) is 9.71. The van der Waals surface area contributed by atoms with Crippen molar-refractivity contribution in [3.8, 4) is 11.8 Å². The van der Waals surface area contributed by atoms with E-state index in [4.69, 9.17) is 0 Å². The lowest BCUT2D eigenvalue weighted by Gasteiger charge is -2.19. The lowest BCUT2D eigenvalue weighted by atomic mass is 10.1. The first-order valence-corrected chi connectivity index (χ1v) is 5.54.